The van der Waals surface area contributed by atoms with Gasteiger partial charge in [-0.2, -0.15) is 0 Å². The van der Waals surface area contributed by atoms with E-state index in [4.69, 9.17) is 35.4 Å². The van der Waals surface area contributed by atoms with Gasteiger partial charge in [-0.3, -0.25) is 0 Å². The van der Waals surface area contributed by atoms with Crippen LogP contribution < -0.4 is 0 Å². The highest BCUT2D eigenvalue weighted by molar-refractivity contribution is 6.95. The zero-order chi connectivity index (χ0) is 37.0. The average molecular weight is 753 g/mol. The van der Waals surface area contributed by atoms with Crippen molar-refractivity contribution in [3.8, 4) is 0 Å². The minimum Gasteiger partial charge on any atom is -0.415 e. The van der Waals surface area contributed by atoms with Crippen LogP contribution in [0.5, 0.6) is 0 Å². The molecule has 0 saturated carbocycles. The molecular weight excluding hydrogens is 673 g/mol. The van der Waals surface area contributed by atoms with Crippen molar-refractivity contribution in [2.45, 2.75) is 207 Å². The van der Waals surface area contributed by atoms with Crippen molar-refractivity contribution in [3.05, 3.63) is 0 Å². The van der Waals surface area contributed by atoms with Gasteiger partial charge in [-0.05, 0) is 107 Å². The second kappa shape index (κ2) is 19.6. The molecule has 0 atom stereocenters. The van der Waals surface area contributed by atoms with E-state index in [0.29, 0.717) is 26.4 Å². The van der Waals surface area contributed by atoms with E-state index in [1.54, 1.807) is 0 Å². The maximum absolute atomic E-state index is 7.86. The Hall–Kier alpha value is 0.548. The second-order valence-corrected chi connectivity index (χ2v) is 32.4. The van der Waals surface area contributed by atoms with Crippen LogP contribution in [0.4, 0.5) is 0 Å². The molecule has 0 aliphatic carbocycles. The van der Waals surface area contributed by atoms with Gasteiger partial charge in [0, 0.05) is 50.6 Å². The van der Waals surface area contributed by atoms with E-state index in [2.05, 4.69) is 111 Å². The lowest BCUT2D eigenvalue weighted by Crippen LogP contribution is -2.71. The van der Waals surface area contributed by atoms with Crippen LogP contribution in [0.2, 0.25) is 48.4 Å². The largest absolute Gasteiger partial charge is 0.415 e. The van der Waals surface area contributed by atoms with Crippen molar-refractivity contribution in [3.63, 3.8) is 0 Å². The third-order valence-electron chi connectivity index (χ3n) is 8.08. The van der Waals surface area contributed by atoms with Crippen LogP contribution in [0.1, 0.15) is 136 Å². The van der Waals surface area contributed by atoms with Gasteiger partial charge >= 0.3 is 34.2 Å². The highest BCUT2D eigenvalue weighted by atomic mass is 28.5. The molecule has 0 amide bonds. The monoisotopic (exact) mass is 752 g/mol. The highest BCUT2D eigenvalue weighted by Crippen LogP contribution is 2.44. The summed E-state index contributed by atoms with van der Waals surface area (Å²) in [7, 11) is -11.7. The Morgan fingerprint density at radius 3 is 0.604 bits per heavy atom. The summed E-state index contributed by atoms with van der Waals surface area (Å²) in [4.78, 5) is 0. The average Bonchev–Trinajstić information content (AvgIpc) is 2.85. The van der Waals surface area contributed by atoms with Gasteiger partial charge in [0.25, 0.3) is 0 Å². The fourth-order valence-electron chi connectivity index (χ4n) is 6.33. The summed E-state index contributed by atoms with van der Waals surface area (Å²) < 4.78 is 57.1. The normalized spacial score (nSPS) is 28.0. The van der Waals surface area contributed by atoms with Crippen LogP contribution in [-0.2, 0) is 35.4 Å². The van der Waals surface area contributed by atoms with Gasteiger partial charge in [-0.25, -0.2) is 0 Å². The molecule has 1 aliphatic heterocycles. The van der Waals surface area contributed by atoms with Crippen molar-refractivity contribution in [2.75, 3.05) is 26.4 Å². The quantitative estimate of drug-likeness (QED) is 0.114. The molecule has 0 aromatic heterocycles. The topological polar surface area (TPSA) is 73.8 Å². The number of hydrogen-bond acceptors (Lipinski definition) is 8. The summed E-state index contributed by atoms with van der Waals surface area (Å²) in [6.07, 6.45) is 3.90. The SMILES string of the molecule is CCC[Si]1(CCOC(C)(C)C)O[Si](CCC)(CCOC(C)(C)C)O[Si](CCC)(CCOC(C)(C)C)O[Si](CCC)(CCOC(C)(C)C)O1. The van der Waals surface area contributed by atoms with Crippen LogP contribution >= 0.6 is 0 Å². The molecule has 0 radical (unpaired) electrons. The second-order valence-electron chi connectivity index (χ2n) is 17.9. The molecule has 0 N–H and O–H groups in total. The van der Waals surface area contributed by atoms with Crippen molar-refractivity contribution < 1.29 is 35.4 Å². The highest BCUT2D eigenvalue weighted by Gasteiger charge is 2.61. The predicted molar refractivity (Wildman–Crippen MR) is 210 cm³/mol. The zero-order valence-corrected chi connectivity index (χ0v) is 38.6. The lowest BCUT2D eigenvalue weighted by molar-refractivity contribution is -0.000993. The summed E-state index contributed by atoms with van der Waals surface area (Å²) in [6.45, 7) is 36.9. The summed E-state index contributed by atoms with van der Waals surface area (Å²) in [5.74, 6) is 0. The molecule has 48 heavy (non-hydrogen) atoms. The lowest BCUT2D eigenvalue weighted by Gasteiger charge is -2.54. The zero-order valence-electron chi connectivity index (χ0n) is 34.6. The Morgan fingerprint density at radius 2 is 0.479 bits per heavy atom. The van der Waals surface area contributed by atoms with E-state index < -0.39 is 34.2 Å². The van der Waals surface area contributed by atoms with E-state index in [1.807, 2.05) is 0 Å². The third kappa shape index (κ3) is 18.3. The minimum atomic E-state index is -2.92. The van der Waals surface area contributed by atoms with Crippen molar-refractivity contribution >= 4 is 34.2 Å². The molecule has 1 fully saturated rings. The molecule has 0 bridgehead atoms. The van der Waals surface area contributed by atoms with Crippen molar-refractivity contribution in [1.29, 1.82) is 0 Å². The summed E-state index contributed by atoms with van der Waals surface area (Å²) in [5, 5.41) is 0. The molecule has 0 aromatic carbocycles. The Kier molecular flexibility index (Phi) is 19.0. The maximum Gasteiger partial charge on any atom is 0.322 e. The van der Waals surface area contributed by atoms with E-state index in [-0.39, 0.29) is 22.4 Å². The Balaban J connectivity index is 3.99. The van der Waals surface area contributed by atoms with Crippen LogP contribution in [0.25, 0.3) is 0 Å². The van der Waals surface area contributed by atoms with Crippen molar-refractivity contribution in [1.82, 2.24) is 0 Å². The van der Waals surface area contributed by atoms with Crippen molar-refractivity contribution in [2.24, 2.45) is 0 Å². The van der Waals surface area contributed by atoms with E-state index >= 15 is 0 Å². The molecule has 1 rings (SSSR count). The molecule has 0 spiro atoms. The number of rotatable bonds is 20. The maximum atomic E-state index is 7.86. The first-order valence-electron chi connectivity index (χ1n) is 19.3. The first-order valence-corrected chi connectivity index (χ1v) is 28.2. The van der Waals surface area contributed by atoms with Gasteiger partial charge in [-0.1, -0.05) is 53.4 Å². The minimum absolute atomic E-state index is 0.246. The Bertz CT molecular complexity index is 740. The standard InChI is InChI=1S/C36H80O8Si4/c1-17-25-45(29-21-37-33(5,6)7)41-46(26-18-2,30-22-38-34(8,9)10)43-48(28-20-4,32-24-40-36(14,15)16)44-47(42-45,27-19-3)31-23-39-35(11,12)13/h17-32H2,1-16H3. The van der Waals surface area contributed by atoms with Crippen LogP contribution in [0.3, 0.4) is 0 Å². The van der Waals surface area contributed by atoms with Gasteiger partial charge in [-0.15, -0.1) is 0 Å². The molecule has 12 heteroatoms. The first-order chi connectivity index (χ1) is 21.9. The fraction of sp³-hybridized carbons (Fsp3) is 1.00. The first kappa shape index (κ1) is 46.6. The Labute approximate surface area is 302 Å². The van der Waals surface area contributed by atoms with Crippen LogP contribution in [0.15, 0.2) is 0 Å². The van der Waals surface area contributed by atoms with E-state index in [1.165, 1.54) is 0 Å². The number of hydrogen-bond donors (Lipinski definition) is 0. The van der Waals surface area contributed by atoms with Gasteiger partial charge in [0.15, 0.2) is 0 Å². The van der Waals surface area contributed by atoms with Crippen LogP contribution in [-0.4, -0.2) is 83.1 Å². The predicted octanol–water partition coefficient (Wildman–Crippen LogP) is 10.7. The molecular formula is C36H80O8Si4. The molecule has 0 aromatic rings. The summed E-state index contributed by atoms with van der Waals surface area (Å²) in [6, 6.07) is 6.60. The van der Waals surface area contributed by atoms with Gasteiger partial charge in [0.1, 0.15) is 0 Å². The molecule has 1 heterocycles. The molecule has 288 valence electrons. The molecule has 1 saturated heterocycles. The third-order valence-corrected chi connectivity index (χ3v) is 28.9. The summed E-state index contributed by atoms with van der Waals surface area (Å²) in [5.41, 5.74) is -0.986. The smallest absolute Gasteiger partial charge is 0.322 e. The van der Waals surface area contributed by atoms with Crippen LogP contribution in [0, 0.1) is 0 Å². The molecule has 1 aliphatic rings. The van der Waals surface area contributed by atoms with Gasteiger partial charge in [0.05, 0.1) is 22.4 Å². The molecule has 8 nitrogen and oxygen atoms in total. The Morgan fingerprint density at radius 1 is 0.312 bits per heavy atom. The summed E-state index contributed by atoms with van der Waals surface area (Å²) >= 11 is 0. The molecule has 0 unspecified atom stereocenters. The van der Waals surface area contributed by atoms with Gasteiger partial charge in [0.2, 0.25) is 0 Å². The number of ether oxygens (including phenoxy) is 4. The van der Waals surface area contributed by atoms with Gasteiger partial charge < -0.3 is 35.4 Å². The van der Waals surface area contributed by atoms with E-state index in [0.717, 1.165) is 74.0 Å². The lowest BCUT2D eigenvalue weighted by atomic mass is 10.2. The van der Waals surface area contributed by atoms with E-state index in [9.17, 15) is 0 Å². The fourth-order valence-corrected chi connectivity index (χ4v) is 31.6.